The average molecular weight is 296 g/mol. The Kier molecular flexibility index (Phi) is 7.67. The molecule has 0 fully saturated rings. The number of rotatable bonds is 8. The fourth-order valence-electron chi connectivity index (χ4n) is 1.68. The lowest BCUT2D eigenvalue weighted by atomic mass is 10.1. The highest BCUT2D eigenvalue weighted by Crippen LogP contribution is 2.02. The van der Waals surface area contributed by atoms with Gasteiger partial charge in [0.05, 0.1) is 12.6 Å². The van der Waals surface area contributed by atoms with E-state index in [-0.39, 0.29) is 19.8 Å². The van der Waals surface area contributed by atoms with Crippen LogP contribution in [-0.4, -0.2) is 41.6 Å². The number of carbonyl (C=O) groups is 2. The molecule has 1 unspecified atom stereocenters. The summed E-state index contributed by atoms with van der Waals surface area (Å²) in [5.41, 5.74) is 0.874. The number of alkyl carbamates (subject to hydrolysis) is 1. The lowest BCUT2D eigenvalue weighted by molar-refractivity contribution is 0.128. The molecule has 0 bridgehead atoms. The number of aliphatic hydroxyl groups is 1. The molecule has 1 rings (SSSR count). The minimum absolute atomic E-state index is 0.158. The number of aliphatic hydroxyl groups excluding tert-OH is 1. The van der Waals surface area contributed by atoms with Crippen molar-refractivity contribution in [2.24, 2.45) is 0 Å². The largest absolute Gasteiger partial charge is 0.465 e. The topological polar surface area (TPSA) is 108 Å². The molecule has 4 N–H and O–H groups in total. The Morgan fingerprint density at radius 3 is 2.57 bits per heavy atom. The molecule has 0 aliphatic heterocycles. The van der Waals surface area contributed by atoms with Crippen molar-refractivity contribution < 1.29 is 24.5 Å². The van der Waals surface area contributed by atoms with Gasteiger partial charge in [-0.05, 0) is 18.4 Å². The number of benzene rings is 1. The van der Waals surface area contributed by atoms with Crippen molar-refractivity contribution in [3.05, 3.63) is 35.9 Å². The van der Waals surface area contributed by atoms with Crippen molar-refractivity contribution >= 4 is 12.2 Å². The second-order valence-corrected chi connectivity index (χ2v) is 4.46. The van der Waals surface area contributed by atoms with Gasteiger partial charge in [-0.25, -0.2) is 9.59 Å². The molecule has 0 aliphatic carbocycles. The van der Waals surface area contributed by atoms with E-state index in [0.717, 1.165) is 5.56 Å². The van der Waals surface area contributed by atoms with Crippen LogP contribution in [0.1, 0.15) is 18.4 Å². The number of hydrogen-bond donors (Lipinski definition) is 4. The lowest BCUT2D eigenvalue weighted by Crippen LogP contribution is -2.38. The van der Waals surface area contributed by atoms with Crippen LogP contribution in [0.25, 0.3) is 0 Å². The summed E-state index contributed by atoms with van der Waals surface area (Å²) in [4.78, 5) is 21.8. The number of ether oxygens (including phenoxy) is 1. The summed E-state index contributed by atoms with van der Waals surface area (Å²) in [6.07, 6.45) is -0.733. The SMILES string of the molecule is O=C(O)NCCCC(CO)NC(=O)OCc1ccccc1. The maximum Gasteiger partial charge on any atom is 0.407 e. The summed E-state index contributed by atoms with van der Waals surface area (Å²) in [5, 5.41) is 22.3. The van der Waals surface area contributed by atoms with Crippen molar-refractivity contribution in [3.8, 4) is 0 Å². The molecule has 0 aliphatic rings. The summed E-state index contributed by atoms with van der Waals surface area (Å²) in [7, 11) is 0. The number of carbonyl (C=O) groups excluding carboxylic acids is 1. The van der Waals surface area contributed by atoms with Crippen LogP contribution in [0.5, 0.6) is 0 Å². The summed E-state index contributed by atoms with van der Waals surface area (Å²) in [6.45, 7) is 0.200. The van der Waals surface area contributed by atoms with Crippen LogP contribution in [0.4, 0.5) is 9.59 Å². The van der Waals surface area contributed by atoms with Crippen LogP contribution in [-0.2, 0) is 11.3 Å². The van der Waals surface area contributed by atoms with E-state index in [0.29, 0.717) is 12.8 Å². The van der Waals surface area contributed by atoms with Crippen LogP contribution in [0.2, 0.25) is 0 Å². The molecule has 0 radical (unpaired) electrons. The predicted molar refractivity (Wildman–Crippen MR) is 75.9 cm³/mol. The molecule has 1 aromatic carbocycles. The molecule has 116 valence electrons. The Labute approximate surface area is 122 Å². The van der Waals surface area contributed by atoms with Crippen LogP contribution in [0.3, 0.4) is 0 Å². The molecule has 7 heteroatoms. The Morgan fingerprint density at radius 2 is 1.95 bits per heavy atom. The molecule has 0 heterocycles. The summed E-state index contributed by atoms with van der Waals surface area (Å²) in [5.74, 6) is 0. The van der Waals surface area contributed by atoms with Gasteiger partial charge in [-0.1, -0.05) is 30.3 Å². The van der Waals surface area contributed by atoms with Crippen molar-refractivity contribution in [2.75, 3.05) is 13.2 Å². The van der Waals surface area contributed by atoms with Crippen molar-refractivity contribution in [3.63, 3.8) is 0 Å². The third-order valence-corrected chi connectivity index (χ3v) is 2.76. The first-order chi connectivity index (χ1) is 10.1. The van der Waals surface area contributed by atoms with Crippen LogP contribution in [0.15, 0.2) is 30.3 Å². The number of hydrogen-bond acceptors (Lipinski definition) is 4. The van der Waals surface area contributed by atoms with Gasteiger partial charge in [0.25, 0.3) is 0 Å². The second-order valence-electron chi connectivity index (χ2n) is 4.46. The smallest absolute Gasteiger partial charge is 0.407 e. The van der Waals surface area contributed by atoms with Gasteiger partial charge in [-0.2, -0.15) is 0 Å². The summed E-state index contributed by atoms with van der Waals surface area (Å²) in [6, 6.07) is 8.80. The van der Waals surface area contributed by atoms with E-state index < -0.39 is 18.2 Å². The molecule has 21 heavy (non-hydrogen) atoms. The zero-order valence-electron chi connectivity index (χ0n) is 11.6. The van der Waals surface area contributed by atoms with Crippen molar-refractivity contribution in [2.45, 2.75) is 25.5 Å². The molecule has 0 saturated carbocycles. The first kappa shape index (κ1) is 16.8. The normalized spacial score (nSPS) is 11.5. The fourth-order valence-corrected chi connectivity index (χ4v) is 1.68. The van der Waals surface area contributed by atoms with Gasteiger partial charge in [0.1, 0.15) is 6.61 Å². The van der Waals surface area contributed by atoms with E-state index >= 15 is 0 Å². The lowest BCUT2D eigenvalue weighted by Gasteiger charge is -2.16. The Morgan fingerprint density at radius 1 is 1.24 bits per heavy atom. The molecule has 0 saturated heterocycles. The first-order valence-corrected chi connectivity index (χ1v) is 6.66. The third kappa shape index (κ3) is 7.78. The minimum atomic E-state index is -1.09. The quantitative estimate of drug-likeness (QED) is 0.541. The molecule has 2 amide bonds. The molecule has 1 atom stereocenters. The highest BCUT2D eigenvalue weighted by molar-refractivity contribution is 5.67. The predicted octanol–water partition coefficient (Wildman–Crippen LogP) is 1.32. The van der Waals surface area contributed by atoms with Crippen LogP contribution >= 0.6 is 0 Å². The maximum atomic E-state index is 11.6. The summed E-state index contributed by atoms with van der Waals surface area (Å²) >= 11 is 0. The third-order valence-electron chi connectivity index (χ3n) is 2.76. The molecule has 7 nitrogen and oxygen atoms in total. The standard InChI is InChI=1S/C14H20N2O5/c17-9-12(7-4-8-15-13(18)19)16-14(20)21-10-11-5-2-1-3-6-11/h1-3,5-6,12,15,17H,4,7-10H2,(H,16,20)(H,18,19). The average Bonchev–Trinajstić information content (AvgIpc) is 2.49. The Bertz CT molecular complexity index is 438. The highest BCUT2D eigenvalue weighted by atomic mass is 16.5. The number of carboxylic acid groups (broad SMARTS) is 1. The van der Waals surface area contributed by atoms with E-state index in [2.05, 4.69) is 10.6 Å². The van der Waals surface area contributed by atoms with E-state index in [4.69, 9.17) is 14.9 Å². The van der Waals surface area contributed by atoms with E-state index in [1.54, 1.807) is 0 Å². The Balaban J connectivity index is 2.22. The van der Waals surface area contributed by atoms with Gasteiger partial charge in [-0.3, -0.25) is 0 Å². The van der Waals surface area contributed by atoms with E-state index in [1.807, 2.05) is 30.3 Å². The molecule has 1 aromatic rings. The maximum absolute atomic E-state index is 11.6. The van der Waals surface area contributed by atoms with Gasteiger partial charge in [0.2, 0.25) is 0 Å². The van der Waals surface area contributed by atoms with Crippen LogP contribution < -0.4 is 10.6 Å². The number of amides is 2. The fraction of sp³-hybridized carbons (Fsp3) is 0.429. The van der Waals surface area contributed by atoms with E-state index in [9.17, 15) is 9.59 Å². The van der Waals surface area contributed by atoms with Crippen LogP contribution in [0, 0.1) is 0 Å². The zero-order valence-corrected chi connectivity index (χ0v) is 11.6. The van der Waals surface area contributed by atoms with Gasteiger partial charge in [-0.15, -0.1) is 0 Å². The van der Waals surface area contributed by atoms with Crippen molar-refractivity contribution in [1.82, 2.24) is 10.6 Å². The number of nitrogens with one attached hydrogen (secondary N) is 2. The second kappa shape index (κ2) is 9.60. The monoisotopic (exact) mass is 296 g/mol. The zero-order chi connectivity index (χ0) is 15.5. The van der Waals surface area contributed by atoms with Crippen molar-refractivity contribution in [1.29, 1.82) is 0 Å². The Hall–Kier alpha value is -2.28. The minimum Gasteiger partial charge on any atom is -0.465 e. The van der Waals surface area contributed by atoms with Gasteiger partial charge >= 0.3 is 12.2 Å². The van der Waals surface area contributed by atoms with Gasteiger partial charge < -0.3 is 25.6 Å². The summed E-state index contributed by atoms with van der Waals surface area (Å²) < 4.78 is 5.03. The molecule has 0 spiro atoms. The molecular formula is C14H20N2O5. The van der Waals surface area contributed by atoms with Gasteiger partial charge in [0, 0.05) is 6.54 Å². The molecular weight excluding hydrogens is 276 g/mol. The van der Waals surface area contributed by atoms with E-state index in [1.165, 1.54) is 0 Å². The first-order valence-electron chi connectivity index (χ1n) is 6.66. The van der Waals surface area contributed by atoms with Gasteiger partial charge in [0.15, 0.2) is 0 Å². The highest BCUT2D eigenvalue weighted by Gasteiger charge is 2.12. The molecule has 0 aromatic heterocycles.